The van der Waals surface area contributed by atoms with E-state index in [0.29, 0.717) is 40.3 Å². The number of hydrogen-bond acceptors (Lipinski definition) is 8. The van der Waals surface area contributed by atoms with Gasteiger partial charge in [0, 0.05) is 49.0 Å². The van der Waals surface area contributed by atoms with Crippen molar-refractivity contribution < 1.29 is 18.3 Å². The molecule has 1 atom stereocenters. The molecule has 3 aromatic heterocycles. The fourth-order valence-corrected chi connectivity index (χ4v) is 7.17. The number of likely N-dealkylation sites (N-methyl/N-ethyl adjacent to an activating group) is 1. The van der Waals surface area contributed by atoms with Gasteiger partial charge < -0.3 is 10.0 Å². The molecule has 0 radical (unpaired) electrons. The SMILES string of the molecule is Cc1ccc(S(=O)(=O)n2cc(-c3nc(-c4cccc(C5(O)CCN(C)C5=O)c4)c(C)s3)c3nccnc32)cc1. The largest absolute Gasteiger partial charge is 0.375 e. The second-order valence-corrected chi connectivity index (χ2v) is 12.7. The summed E-state index contributed by atoms with van der Waals surface area (Å²) in [4.78, 5) is 28.9. The third kappa shape index (κ3) is 4.05. The van der Waals surface area contributed by atoms with E-state index >= 15 is 0 Å². The van der Waals surface area contributed by atoms with Gasteiger partial charge in [0.25, 0.3) is 15.9 Å². The van der Waals surface area contributed by atoms with Crippen molar-refractivity contribution in [2.45, 2.75) is 30.8 Å². The summed E-state index contributed by atoms with van der Waals surface area (Å²) >= 11 is 1.41. The van der Waals surface area contributed by atoms with Crippen LogP contribution in [0.25, 0.3) is 33.0 Å². The first-order valence-corrected chi connectivity index (χ1v) is 14.6. The van der Waals surface area contributed by atoms with E-state index in [1.54, 1.807) is 49.5 Å². The average Bonchev–Trinajstić information content (AvgIpc) is 3.59. The Kier molecular flexibility index (Phi) is 5.90. The zero-order valence-corrected chi connectivity index (χ0v) is 23.1. The van der Waals surface area contributed by atoms with Crippen molar-refractivity contribution in [2.75, 3.05) is 13.6 Å². The Bertz CT molecular complexity index is 1860. The van der Waals surface area contributed by atoms with Gasteiger partial charge in [-0.15, -0.1) is 11.3 Å². The highest BCUT2D eigenvalue weighted by molar-refractivity contribution is 7.90. The number of nitrogens with zero attached hydrogens (tertiary/aromatic N) is 5. The number of amides is 1. The molecule has 2 aromatic carbocycles. The maximum absolute atomic E-state index is 13.6. The van der Waals surface area contributed by atoms with E-state index < -0.39 is 15.6 Å². The minimum absolute atomic E-state index is 0.153. The molecule has 0 spiro atoms. The Morgan fingerprint density at radius 2 is 1.79 bits per heavy atom. The van der Waals surface area contributed by atoms with Crippen molar-refractivity contribution in [3.8, 4) is 21.8 Å². The first-order valence-electron chi connectivity index (χ1n) is 12.3. The van der Waals surface area contributed by atoms with Crippen molar-refractivity contribution in [1.29, 1.82) is 0 Å². The first-order chi connectivity index (χ1) is 18.6. The molecule has 5 aromatic rings. The zero-order valence-electron chi connectivity index (χ0n) is 21.5. The van der Waals surface area contributed by atoms with Gasteiger partial charge in [0.15, 0.2) is 11.2 Å². The van der Waals surface area contributed by atoms with Gasteiger partial charge >= 0.3 is 0 Å². The molecule has 198 valence electrons. The number of hydrogen-bond donors (Lipinski definition) is 1. The number of aromatic nitrogens is 4. The molecule has 11 heteroatoms. The Labute approximate surface area is 229 Å². The minimum atomic E-state index is -3.93. The highest BCUT2D eigenvalue weighted by atomic mass is 32.2. The minimum Gasteiger partial charge on any atom is -0.375 e. The average molecular weight is 560 g/mol. The summed E-state index contributed by atoms with van der Waals surface area (Å²) in [5.74, 6) is -0.323. The molecular formula is C28H25N5O4S2. The van der Waals surface area contributed by atoms with Crippen LogP contribution in [0.2, 0.25) is 0 Å². The van der Waals surface area contributed by atoms with Crippen molar-refractivity contribution in [3.63, 3.8) is 0 Å². The summed E-state index contributed by atoms with van der Waals surface area (Å²) in [7, 11) is -2.25. The quantitative estimate of drug-likeness (QED) is 0.344. The van der Waals surface area contributed by atoms with Crippen LogP contribution in [0.15, 0.2) is 72.0 Å². The number of fused-ring (bicyclic) bond motifs is 1. The van der Waals surface area contributed by atoms with Gasteiger partial charge in [-0.3, -0.25) is 9.78 Å². The highest BCUT2D eigenvalue weighted by Gasteiger charge is 2.45. The van der Waals surface area contributed by atoms with Crippen LogP contribution in [-0.2, 0) is 20.4 Å². The van der Waals surface area contributed by atoms with Crippen molar-refractivity contribution >= 4 is 38.4 Å². The fraction of sp³-hybridized carbons (Fsp3) is 0.214. The van der Waals surface area contributed by atoms with Crippen LogP contribution in [0.4, 0.5) is 0 Å². The molecular weight excluding hydrogens is 534 g/mol. The molecule has 9 nitrogen and oxygen atoms in total. The summed E-state index contributed by atoms with van der Waals surface area (Å²) in [6.45, 7) is 4.31. The Hall–Kier alpha value is -3.93. The monoisotopic (exact) mass is 559 g/mol. The predicted octanol–water partition coefficient (Wildman–Crippen LogP) is 4.13. The van der Waals surface area contributed by atoms with E-state index in [2.05, 4.69) is 9.97 Å². The number of benzene rings is 2. The van der Waals surface area contributed by atoms with Gasteiger partial charge in [0.1, 0.15) is 10.5 Å². The molecule has 4 heterocycles. The molecule has 6 rings (SSSR count). The number of carbonyl (C=O) groups excluding carboxylic acids is 1. The summed E-state index contributed by atoms with van der Waals surface area (Å²) in [5.41, 5.74) is 2.55. The molecule has 1 aliphatic rings. The molecule has 1 N–H and O–H groups in total. The number of thiazole rings is 1. The van der Waals surface area contributed by atoms with Crippen molar-refractivity contribution in [2.24, 2.45) is 0 Å². The lowest BCUT2D eigenvalue weighted by Gasteiger charge is -2.21. The summed E-state index contributed by atoms with van der Waals surface area (Å²) in [5, 5.41) is 11.7. The van der Waals surface area contributed by atoms with Crippen LogP contribution in [0.5, 0.6) is 0 Å². The van der Waals surface area contributed by atoms with Crippen LogP contribution in [0, 0.1) is 13.8 Å². The maximum atomic E-state index is 13.6. The number of carbonyl (C=O) groups is 1. The number of aryl methyl sites for hydroxylation is 2. The summed E-state index contributed by atoms with van der Waals surface area (Å²) in [6.07, 6.45) is 4.83. The second-order valence-electron chi connectivity index (χ2n) is 9.73. The maximum Gasteiger partial charge on any atom is 0.269 e. The van der Waals surface area contributed by atoms with Crippen LogP contribution in [0.3, 0.4) is 0 Å². The smallest absolute Gasteiger partial charge is 0.269 e. The fourth-order valence-electron chi connectivity index (χ4n) is 4.91. The highest BCUT2D eigenvalue weighted by Crippen LogP contribution is 2.39. The van der Waals surface area contributed by atoms with E-state index in [1.807, 2.05) is 19.9 Å². The number of likely N-dealkylation sites (tertiary alicyclic amines) is 1. The van der Waals surface area contributed by atoms with E-state index in [-0.39, 0.29) is 16.4 Å². The van der Waals surface area contributed by atoms with Crippen molar-refractivity contribution in [1.82, 2.24) is 23.8 Å². The number of aliphatic hydroxyl groups is 1. The molecule has 0 bridgehead atoms. The second kappa shape index (κ2) is 9.08. The molecule has 1 amide bonds. The van der Waals surface area contributed by atoms with E-state index in [9.17, 15) is 18.3 Å². The molecule has 1 unspecified atom stereocenters. The van der Waals surface area contributed by atoms with Gasteiger partial charge in [-0.1, -0.05) is 35.9 Å². The van der Waals surface area contributed by atoms with E-state index in [1.165, 1.54) is 34.8 Å². The van der Waals surface area contributed by atoms with E-state index in [4.69, 9.17) is 4.98 Å². The van der Waals surface area contributed by atoms with Crippen LogP contribution < -0.4 is 0 Å². The molecule has 1 fully saturated rings. The third-order valence-electron chi connectivity index (χ3n) is 7.12. The van der Waals surface area contributed by atoms with Crippen LogP contribution in [-0.4, -0.2) is 56.8 Å². The molecule has 1 saturated heterocycles. The summed E-state index contributed by atoms with van der Waals surface area (Å²) < 4.78 is 28.3. The normalized spacial score (nSPS) is 17.8. The molecule has 0 saturated carbocycles. The topological polar surface area (TPSA) is 118 Å². The van der Waals surface area contributed by atoms with Gasteiger partial charge in [-0.25, -0.2) is 22.4 Å². The van der Waals surface area contributed by atoms with Gasteiger partial charge in [-0.2, -0.15) is 0 Å². The third-order valence-corrected chi connectivity index (χ3v) is 9.79. The lowest BCUT2D eigenvalue weighted by molar-refractivity contribution is -0.143. The molecule has 1 aliphatic heterocycles. The van der Waals surface area contributed by atoms with Gasteiger partial charge in [0.2, 0.25) is 0 Å². The molecule has 0 aliphatic carbocycles. The predicted molar refractivity (Wildman–Crippen MR) is 149 cm³/mol. The van der Waals surface area contributed by atoms with Gasteiger partial charge in [0.05, 0.1) is 16.2 Å². The van der Waals surface area contributed by atoms with Crippen LogP contribution >= 0.6 is 11.3 Å². The lowest BCUT2D eigenvalue weighted by atomic mass is 9.90. The summed E-state index contributed by atoms with van der Waals surface area (Å²) in [6, 6.07) is 13.9. The zero-order chi connectivity index (χ0) is 27.5. The number of rotatable bonds is 5. The Morgan fingerprint density at radius 1 is 1.05 bits per heavy atom. The van der Waals surface area contributed by atoms with E-state index in [0.717, 1.165) is 20.0 Å². The van der Waals surface area contributed by atoms with Gasteiger partial charge in [-0.05, 0) is 37.6 Å². The molecule has 39 heavy (non-hydrogen) atoms. The Balaban J connectivity index is 1.45. The van der Waals surface area contributed by atoms with Crippen molar-refractivity contribution in [3.05, 3.63) is 83.1 Å². The lowest BCUT2D eigenvalue weighted by Crippen LogP contribution is -2.36. The van der Waals surface area contributed by atoms with Crippen LogP contribution in [0.1, 0.15) is 22.4 Å². The standard InChI is InChI=1S/C28H25N5O4S2/c1-17-7-9-21(10-8-17)39(36,37)33-16-22(24-25(33)30-13-12-29-24)26-31-23(18(2)38-26)19-5-4-6-20(15-19)28(35)11-14-32(3)27(28)34/h4-10,12-13,15-16,35H,11,14H2,1-3H3. The Morgan fingerprint density at radius 3 is 2.51 bits per heavy atom. The first kappa shape index (κ1) is 25.4.